The zero-order valence-electron chi connectivity index (χ0n) is 22.3. The fourth-order valence-electron chi connectivity index (χ4n) is 3.59. The first-order chi connectivity index (χ1) is 19.4. The van der Waals surface area contributed by atoms with Gasteiger partial charge in [0.05, 0.1) is 42.8 Å². The number of alkyl halides is 5. The second-order valence-corrected chi connectivity index (χ2v) is 9.81. The molecule has 8 nitrogen and oxygen atoms in total. The van der Waals surface area contributed by atoms with Gasteiger partial charge >= 0.3 is 6.18 Å². The molecule has 0 unspecified atom stereocenters. The highest BCUT2D eigenvalue weighted by atomic mass is 19.4. The molecule has 224 valence electrons. The summed E-state index contributed by atoms with van der Waals surface area (Å²) in [6, 6.07) is 2.86. The summed E-state index contributed by atoms with van der Waals surface area (Å²) in [5, 5.41) is 9.04. The summed E-state index contributed by atoms with van der Waals surface area (Å²) in [5.74, 6) is -4.41. The van der Waals surface area contributed by atoms with Crippen molar-refractivity contribution in [3.8, 4) is 0 Å². The number of fused-ring (bicyclic) bond motifs is 1. The highest BCUT2D eigenvalue weighted by Gasteiger charge is 2.30. The van der Waals surface area contributed by atoms with Gasteiger partial charge in [-0.25, -0.2) is 22.7 Å². The van der Waals surface area contributed by atoms with Gasteiger partial charge in [-0.05, 0) is 30.5 Å². The Morgan fingerprint density at radius 3 is 2.24 bits per heavy atom. The predicted molar refractivity (Wildman–Crippen MR) is 137 cm³/mol. The minimum Gasteiger partial charge on any atom is -0.352 e. The first-order valence-corrected chi connectivity index (χ1v) is 13.3. The van der Waals surface area contributed by atoms with Crippen LogP contribution in [0.15, 0.2) is 36.9 Å². The van der Waals surface area contributed by atoms with Crippen LogP contribution in [0.4, 0.5) is 26.3 Å². The second-order valence-electron chi connectivity index (χ2n) is 9.81. The third-order valence-corrected chi connectivity index (χ3v) is 5.94. The molecule has 0 aromatic carbocycles. The van der Waals surface area contributed by atoms with Crippen LogP contribution in [0.25, 0.3) is 5.65 Å². The summed E-state index contributed by atoms with van der Waals surface area (Å²) in [6.45, 7) is 0.0217. The topological polar surface area (TPSA) is 101 Å². The standard InChI is InChI=1S/C18H16F4N6O2.C6H10F2.C3H6/c19-14-9-23-4-2-13(14)17(30)25-8-12-10-28-15(27-12)5-11(7-26-28)6-24-16(29)1-3-18(20,21)22;7-6(8)4-2-1-3-5-6;1-2-3-1/h2,4-5,7,9-10H,1,3,6,8H2,(H,24,29)(H,25,30);1-5H2;1-3H2. The van der Waals surface area contributed by atoms with Gasteiger partial charge in [0.1, 0.15) is 0 Å². The Morgan fingerprint density at radius 2 is 1.66 bits per heavy atom. The van der Waals surface area contributed by atoms with Crippen LogP contribution in [-0.2, 0) is 17.9 Å². The summed E-state index contributed by atoms with van der Waals surface area (Å²) in [6.07, 6.45) is 6.18. The average Bonchev–Trinajstić information content (AvgIpc) is 3.75. The number of amides is 2. The number of hydrogen-bond donors (Lipinski definition) is 2. The van der Waals surface area contributed by atoms with E-state index in [1.165, 1.54) is 42.2 Å². The van der Waals surface area contributed by atoms with E-state index in [1.54, 1.807) is 12.3 Å². The first kappa shape index (κ1) is 31.8. The van der Waals surface area contributed by atoms with Gasteiger partial charge in [0.15, 0.2) is 11.5 Å². The fraction of sp³-hybridized carbons (Fsp3) is 0.519. The third kappa shape index (κ3) is 12.1. The van der Waals surface area contributed by atoms with E-state index in [4.69, 9.17) is 0 Å². The quantitative estimate of drug-likeness (QED) is 0.336. The summed E-state index contributed by atoms with van der Waals surface area (Å²) in [7, 11) is 0. The van der Waals surface area contributed by atoms with E-state index in [1.807, 2.05) is 0 Å². The third-order valence-electron chi connectivity index (χ3n) is 5.94. The molecular weight excluding hydrogens is 554 g/mol. The zero-order valence-corrected chi connectivity index (χ0v) is 22.3. The number of carbonyl (C=O) groups excluding carboxylic acids is 2. The van der Waals surface area contributed by atoms with E-state index in [0.29, 0.717) is 29.7 Å². The Bertz CT molecular complexity index is 1280. The van der Waals surface area contributed by atoms with Crippen LogP contribution in [0.3, 0.4) is 0 Å². The number of pyridine rings is 1. The maximum absolute atomic E-state index is 13.6. The molecule has 14 heteroatoms. The van der Waals surface area contributed by atoms with E-state index >= 15 is 0 Å². The van der Waals surface area contributed by atoms with Crippen LogP contribution >= 0.6 is 0 Å². The fourth-order valence-corrected chi connectivity index (χ4v) is 3.59. The number of nitrogens with one attached hydrogen (secondary N) is 2. The van der Waals surface area contributed by atoms with Crippen molar-refractivity contribution in [3.05, 3.63) is 59.6 Å². The normalized spacial score (nSPS) is 15.6. The molecule has 3 aromatic rings. The van der Waals surface area contributed by atoms with Gasteiger partial charge in [0.25, 0.3) is 5.91 Å². The van der Waals surface area contributed by atoms with Crippen LogP contribution in [0, 0.1) is 5.82 Å². The van der Waals surface area contributed by atoms with Gasteiger partial charge in [0, 0.05) is 32.0 Å². The molecule has 2 aliphatic rings. The van der Waals surface area contributed by atoms with Gasteiger partial charge in [-0.3, -0.25) is 14.6 Å². The van der Waals surface area contributed by atoms with Crippen LogP contribution in [0.1, 0.15) is 85.8 Å². The van der Waals surface area contributed by atoms with E-state index in [0.717, 1.165) is 12.6 Å². The molecule has 3 heterocycles. The van der Waals surface area contributed by atoms with Gasteiger partial charge in [-0.15, -0.1) is 0 Å². The first-order valence-electron chi connectivity index (χ1n) is 13.3. The van der Waals surface area contributed by atoms with Crippen molar-refractivity contribution in [2.24, 2.45) is 0 Å². The molecule has 0 spiro atoms. The molecule has 2 N–H and O–H groups in total. The summed E-state index contributed by atoms with van der Waals surface area (Å²) >= 11 is 0. The molecule has 2 fully saturated rings. The van der Waals surface area contributed by atoms with Crippen molar-refractivity contribution in [1.29, 1.82) is 0 Å². The van der Waals surface area contributed by atoms with Crippen LogP contribution < -0.4 is 10.6 Å². The lowest BCUT2D eigenvalue weighted by Gasteiger charge is -2.20. The molecule has 2 saturated carbocycles. The molecule has 5 rings (SSSR count). The zero-order chi connectivity index (χ0) is 29.9. The van der Waals surface area contributed by atoms with Crippen molar-refractivity contribution in [2.75, 3.05) is 0 Å². The maximum atomic E-state index is 13.6. The van der Waals surface area contributed by atoms with E-state index in [2.05, 4.69) is 25.7 Å². The largest absolute Gasteiger partial charge is 0.389 e. The number of carbonyl (C=O) groups is 2. The lowest BCUT2D eigenvalue weighted by molar-refractivity contribution is -0.144. The summed E-state index contributed by atoms with van der Waals surface area (Å²) in [5.41, 5.74) is 1.27. The van der Waals surface area contributed by atoms with Gasteiger partial charge < -0.3 is 10.6 Å². The van der Waals surface area contributed by atoms with Crippen molar-refractivity contribution < 1.29 is 35.9 Å². The second kappa shape index (κ2) is 14.8. The molecule has 41 heavy (non-hydrogen) atoms. The number of rotatable bonds is 7. The highest BCUT2D eigenvalue weighted by molar-refractivity contribution is 5.94. The SMILES string of the molecule is C1CC1.FC1(F)CCCCC1.O=C(CCC(F)(F)F)NCc1cnn2cc(CNC(=O)c3ccncc3F)nc2c1. The molecule has 0 bridgehead atoms. The van der Waals surface area contributed by atoms with Gasteiger partial charge in [0.2, 0.25) is 11.8 Å². The molecule has 2 amide bonds. The molecule has 0 radical (unpaired) electrons. The lowest BCUT2D eigenvalue weighted by atomic mass is 9.97. The number of aromatic nitrogens is 4. The van der Waals surface area contributed by atoms with Gasteiger partial charge in [-0.2, -0.15) is 18.3 Å². The van der Waals surface area contributed by atoms with Crippen LogP contribution in [0.2, 0.25) is 0 Å². The Morgan fingerprint density at radius 1 is 0.976 bits per heavy atom. The number of nitrogens with zero attached hydrogens (tertiary/aromatic N) is 4. The van der Waals surface area contributed by atoms with Crippen molar-refractivity contribution >= 4 is 17.5 Å². The Labute approximate surface area is 232 Å². The predicted octanol–water partition coefficient (Wildman–Crippen LogP) is 5.91. The van der Waals surface area contributed by atoms with E-state index in [-0.39, 0.29) is 31.5 Å². The molecular formula is C27H32F6N6O2. The van der Waals surface area contributed by atoms with Crippen LogP contribution in [-0.4, -0.2) is 43.5 Å². The number of imidazole rings is 1. The summed E-state index contributed by atoms with van der Waals surface area (Å²) in [4.78, 5) is 31.4. The minimum absolute atomic E-state index is 0.000436. The Hall–Kier alpha value is -3.71. The van der Waals surface area contributed by atoms with Crippen molar-refractivity contribution in [3.63, 3.8) is 0 Å². The van der Waals surface area contributed by atoms with Gasteiger partial charge in [-0.1, -0.05) is 25.7 Å². The molecule has 0 saturated heterocycles. The molecule has 0 aliphatic heterocycles. The molecule has 0 atom stereocenters. The monoisotopic (exact) mass is 586 g/mol. The van der Waals surface area contributed by atoms with Crippen molar-refractivity contribution in [1.82, 2.24) is 30.2 Å². The van der Waals surface area contributed by atoms with E-state index < -0.39 is 42.6 Å². The molecule has 3 aromatic heterocycles. The maximum Gasteiger partial charge on any atom is 0.389 e. The lowest BCUT2D eigenvalue weighted by Crippen LogP contribution is -2.24. The minimum atomic E-state index is -4.39. The Balaban J connectivity index is 0.000000347. The smallest absolute Gasteiger partial charge is 0.352 e. The highest BCUT2D eigenvalue weighted by Crippen LogP contribution is 2.32. The van der Waals surface area contributed by atoms with E-state index in [9.17, 15) is 35.9 Å². The van der Waals surface area contributed by atoms with Crippen molar-refractivity contribution in [2.45, 2.75) is 89.4 Å². The molecule has 2 aliphatic carbocycles. The number of hydrogen-bond acceptors (Lipinski definition) is 5. The Kier molecular flexibility index (Phi) is 11.5. The van der Waals surface area contributed by atoms with Crippen LogP contribution in [0.5, 0.6) is 0 Å². The average molecular weight is 587 g/mol. The number of halogens is 6. The summed E-state index contributed by atoms with van der Waals surface area (Å²) < 4.78 is 75.8.